The van der Waals surface area contributed by atoms with Crippen LogP contribution in [0.2, 0.25) is 0 Å². The fraction of sp³-hybridized carbons (Fsp3) is 0.734. The van der Waals surface area contributed by atoms with Crippen LogP contribution in [-0.4, -0.2) is 37.2 Å². The predicted molar refractivity (Wildman–Crippen MR) is 302 cm³/mol. The van der Waals surface area contributed by atoms with Gasteiger partial charge in [-0.1, -0.05) is 260 Å². The third-order valence-electron chi connectivity index (χ3n) is 12.6. The van der Waals surface area contributed by atoms with Crippen molar-refractivity contribution in [2.24, 2.45) is 0 Å². The first kappa shape index (κ1) is 66.6. The Morgan fingerprint density at radius 1 is 0.300 bits per heavy atom. The first-order valence-electron chi connectivity index (χ1n) is 29.6. The van der Waals surface area contributed by atoms with Gasteiger partial charge in [-0.05, 0) is 89.9 Å². The average molecular weight is 976 g/mol. The molecule has 0 radical (unpaired) electrons. The lowest BCUT2D eigenvalue weighted by Gasteiger charge is -2.18. The summed E-state index contributed by atoms with van der Waals surface area (Å²) in [6.45, 7) is 6.40. The van der Waals surface area contributed by atoms with E-state index in [1.54, 1.807) is 0 Å². The number of unbranched alkanes of at least 4 members (excludes halogenated alkanes) is 28. The summed E-state index contributed by atoms with van der Waals surface area (Å²) in [5.41, 5.74) is 0. The van der Waals surface area contributed by atoms with E-state index in [9.17, 15) is 14.4 Å². The van der Waals surface area contributed by atoms with E-state index in [-0.39, 0.29) is 31.1 Å². The molecule has 0 saturated carbocycles. The number of hydrogen-bond donors (Lipinski definition) is 0. The first-order chi connectivity index (χ1) is 34.5. The normalized spacial score (nSPS) is 12.7. The van der Waals surface area contributed by atoms with Crippen LogP contribution in [-0.2, 0) is 28.6 Å². The monoisotopic (exact) mass is 975 g/mol. The third-order valence-corrected chi connectivity index (χ3v) is 12.6. The molecule has 6 heteroatoms. The molecule has 1 atom stereocenters. The fourth-order valence-electron chi connectivity index (χ4n) is 8.27. The number of esters is 3. The highest BCUT2D eigenvalue weighted by atomic mass is 16.6. The van der Waals surface area contributed by atoms with Crippen molar-refractivity contribution in [3.8, 4) is 0 Å². The van der Waals surface area contributed by atoms with E-state index in [0.29, 0.717) is 19.3 Å². The molecular weight excluding hydrogens is 865 g/mol. The summed E-state index contributed by atoms with van der Waals surface area (Å²) in [4.78, 5) is 38.1. The Balaban J connectivity index is 4.20. The number of rotatable bonds is 53. The fourth-order valence-corrected chi connectivity index (χ4v) is 8.27. The highest BCUT2D eigenvalue weighted by molar-refractivity contribution is 5.71. The summed E-state index contributed by atoms with van der Waals surface area (Å²) in [5.74, 6) is -0.893. The van der Waals surface area contributed by atoms with E-state index in [1.807, 2.05) is 0 Å². The maximum Gasteiger partial charge on any atom is 0.306 e. The molecule has 70 heavy (non-hydrogen) atoms. The van der Waals surface area contributed by atoms with Crippen molar-refractivity contribution in [1.29, 1.82) is 0 Å². The van der Waals surface area contributed by atoms with Gasteiger partial charge in [0.05, 0.1) is 0 Å². The van der Waals surface area contributed by atoms with Crippen LogP contribution in [0.5, 0.6) is 0 Å². The lowest BCUT2D eigenvalue weighted by Crippen LogP contribution is -2.30. The zero-order valence-electron chi connectivity index (χ0n) is 46.0. The molecule has 0 spiro atoms. The van der Waals surface area contributed by atoms with Gasteiger partial charge in [0.1, 0.15) is 13.2 Å². The Kier molecular flexibility index (Phi) is 55.3. The smallest absolute Gasteiger partial charge is 0.306 e. The van der Waals surface area contributed by atoms with E-state index >= 15 is 0 Å². The topological polar surface area (TPSA) is 78.9 Å². The van der Waals surface area contributed by atoms with Crippen LogP contribution < -0.4 is 0 Å². The first-order valence-corrected chi connectivity index (χ1v) is 29.6. The Hall–Kier alpha value is -3.41. The van der Waals surface area contributed by atoms with Gasteiger partial charge in [0.15, 0.2) is 6.10 Å². The van der Waals surface area contributed by atoms with Crippen LogP contribution in [0.15, 0.2) is 85.1 Å². The predicted octanol–water partition coefficient (Wildman–Crippen LogP) is 19.9. The second-order valence-corrected chi connectivity index (χ2v) is 19.5. The standard InChI is InChI=1S/C64H110O6/c1-4-7-10-13-16-19-22-24-26-27-28-29-30-31-32-33-34-35-36-37-39-40-42-45-48-51-54-57-63(66)69-60-61(59-68-62(65)56-53-50-47-44-21-18-15-12-9-6-3)70-64(67)58-55-52-49-46-43-41-38-25-23-20-17-14-11-8-5-2/h7-8,10-11,16-17,19-20,24-26,28-29,38,61H,4-6,9,12-15,18,21-23,27,30-37,39-60H2,1-3H3/b10-7-,11-8-,19-16-,20-17-,26-24-,29-28-,38-25-. The number of carbonyl (C=O) groups excluding carboxylic acids is 3. The Bertz CT molecular complexity index is 1350. The minimum absolute atomic E-state index is 0.0808. The van der Waals surface area contributed by atoms with E-state index < -0.39 is 6.10 Å². The van der Waals surface area contributed by atoms with Crippen LogP contribution in [0, 0.1) is 0 Å². The Labute approximate surface area is 433 Å². The summed E-state index contributed by atoms with van der Waals surface area (Å²) < 4.78 is 16.8. The van der Waals surface area contributed by atoms with E-state index in [2.05, 4.69) is 106 Å². The lowest BCUT2D eigenvalue weighted by atomic mass is 10.0. The average Bonchev–Trinajstić information content (AvgIpc) is 3.36. The quantitative estimate of drug-likeness (QED) is 0.0261. The van der Waals surface area contributed by atoms with E-state index in [4.69, 9.17) is 14.2 Å². The molecule has 0 fully saturated rings. The third kappa shape index (κ3) is 55.5. The summed E-state index contributed by atoms with van der Waals surface area (Å²) in [7, 11) is 0. The summed E-state index contributed by atoms with van der Waals surface area (Å²) in [6, 6.07) is 0. The lowest BCUT2D eigenvalue weighted by molar-refractivity contribution is -0.167. The molecule has 0 aromatic heterocycles. The molecule has 0 amide bonds. The van der Waals surface area contributed by atoms with Crippen LogP contribution in [0.1, 0.15) is 284 Å². The Morgan fingerprint density at radius 2 is 0.557 bits per heavy atom. The van der Waals surface area contributed by atoms with Gasteiger partial charge in [-0.3, -0.25) is 14.4 Å². The zero-order valence-corrected chi connectivity index (χ0v) is 46.0. The largest absolute Gasteiger partial charge is 0.462 e. The van der Waals surface area contributed by atoms with Crippen molar-refractivity contribution in [2.45, 2.75) is 290 Å². The maximum absolute atomic E-state index is 12.8. The molecule has 0 aliphatic carbocycles. The SMILES string of the molecule is CC/C=C\C/C=C\C/C=C\C/C=C\CCCCCCCCCCCCCCCCC(=O)OCC(COC(=O)CCCCCCCCCCCC)OC(=O)CCCCCCC/C=C\C/C=C\C/C=C\CC. The Morgan fingerprint density at radius 3 is 0.871 bits per heavy atom. The highest BCUT2D eigenvalue weighted by Gasteiger charge is 2.19. The minimum atomic E-state index is -0.783. The molecule has 0 bridgehead atoms. The molecule has 0 N–H and O–H groups in total. The second kappa shape index (κ2) is 58.2. The van der Waals surface area contributed by atoms with Crippen molar-refractivity contribution in [3.05, 3.63) is 85.1 Å². The van der Waals surface area contributed by atoms with Crippen LogP contribution in [0.4, 0.5) is 0 Å². The number of hydrogen-bond acceptors (Lipinski definition) is 6. The molecule has 0 saturated heterocycles. The maximum atomic E-state index is 12.8. The summed E-state index contributed by atoms with van der Waals surface area (Å²) >= 11 is 0. The van der Waals surface area contributed by atoms with Gasteiger partial charge in [0.25, 0.3) is 0 Å². The van der Waals surface area contributed by atoms with E-state index in [0.717, 1.165) is 122 Å². The summed E-state index contributed by atoms with van der Waals surface area (Å²) in [6.07, 6.45) is 75.9. The molecule has 0 rings (SSSR count). The molecule has 0 aliphatic heterocycles. The van der Waals surface area contributed by atoms with Crippen molar-refractivity contribution in [3.63, 3.8) is 0 Å². The zero-order chi connectivity index (χ0) is 50.7. The van der Waals surface area contributed by atoms with Gasteiger partial charge in [0, 0.05) is 19.3 Å². The molecule has 0 aromatic carbocycles. The van der Waals surface area contributed by atoms with Gasteiger partial charge in [-0.15, -0.1) is 0 Å². The van der Waals surface area contributed by atoms with Crippen LogP contribution in [0.3, 0.4) is 0 Å². The number of ether oxygens (including phenoxy) is 3. The second-order valence-electron chi connectivity index (χ2n) is 19.5. The molecule has 0 heterocycles. The molecule has 0 aromatic rings. The van der Waals surface area contributed by atoms with Crippen molar-refractivity contribution < 1.29 is 28.6 Å². The van der Waals surface area contributed by atoms with Crippen molar-refractivity contribution in [2.75, 3.05) is 13.2 Å². The van der Waals surface area contributed by atoms with Gasteiger partial charge < -0.3 is 14.2 Å². The van der Waals surface area contributed by atoms with Crippen molar-refractivity contribution >= 4 is 17.9 Å². The van der Waals surface area contributed by atoms with E-state index in [1.165, 1.54) is 122 Å². The van der Waals surface area contributed by atoms with Gasteiger partial charge >= 0.3 is 17.9 Å². The van der Waals surface area contributed by atoms with Crippen LogP contribution in [0.25, 0.3) is 0 Å². The van der Waals surface area contributed by atoms with Crippen LogP contribution >= 0.6 is 0 Å². The molecule has 6 nitrogen and oxygen atoms in total. The number of allylic oxidation sites excluding steroid dienone is 14. The summed E-state index contributed by atoms with van der Waals surface area (Å²) in [5, 5.41) is 0. The molecule has 1 unspecified atom stereocenters. The number of carbonyl (C=O) groups is 3. The van der Waals surface area contributed by atoms with Gasteiger partial charge in [0.2, 0.25) is 0 Å². The molecular formula is C64H110O6. The van der Waals surface area contributed by atoms with Crippen molar-refractivity contribution in [1.82, 2.24) is 0 Å². The molecule has 402 valence electrons. The van der Waals surface area contributed by atoms with Gasteiger partial charge in [-0.2, -0.15) is 0 Å². The minimum Gasteiger partial charge on any atom is -0.462 e. The highest BCUT2D eigenvalue weighted by Crippen LogP contribution is 2.16. The molecule has 0 aliphatic rings. The van der Waals surface area contributed by atoms with Gasteiger partial charge in [-0.25, -0.2) is 0 Å².